The van der Waals surface area contributed by atoms with Crippen LogP contribution in [0, 0.1) is 5.82 Å². The molecule has 1 heterocycles. The lowest BCUT2D eigenvalue weighted by atomic mass is 10.1. The van der Waals surface area contributed by atoms with Gasteiger partial charge in [0, 0.05) is 42.9 Å². The Balaban J connectivity index is 1.56. The summed E-state index contributed by atoms with van der Waals surface area (Å²) in [7, 11) is 1.64. The van der Waals surface area contributed by atoms with E-state index in [-0.39, 0.29) is 17.8 Å². The smallest absolute Gasteiger partial charge is 0.322 e. The minimum absolute atomic E-state index is 0.139. The van der Waals surface area contributed by atoms with Crippen LogP contribution in [0.15, 0.2) is 48.5 Å². The van der Waals surface area contributed by atoms with Gasteiger partial charge in [0.25, 0.3) is 0 Å². The molecule has 0 bridgehead atoms. The molecule has 1 aliphatic rings. The number of carbonyl (C=O) groups is 2. The fourth-order valence-corrected chi connectivity index (χ4v) is 4.12. The molecule has 154 valence electrons. The van der Waals surface area contributed by atoms with E-state index in [1.165, 1.54) is 11.0 Å². The van der Waals surface area contributed by atoms with Gasteiger partial charge in [-0.3, -0.25) is 4.79 Å². The van der Waals surface area contributed by atoms with Gasteiger partial charge in [-0.1, -0.05) is 30.3 Å². The molecule has 0 saturated carbocycles. The minimum Gasteiger partial charge on any atom is -0.341 e. The van der Waals surface area contributed by atoms with Crippen LogP contribution < -0.4 is 5.32 Å². The van der Waals surface area contributed by atoms with Crippen LogP contribution >= 0.6 is 11.8 Å². The average Bonchev–Trinajstić information content (AvgIpc) is 2.75. The number of hydrogen-bond donors (Lipinski definition) is 1. The Morgan fingerprint density at radius 2 is 1.79 bits per heavy atom. The second kappa shape index (κ2) is 9.78. The Bertz CT molecular complexity index is 853. The molecule has 1 saturated heterocycles. The average molecular weight is 416 g/mol. The van der Waals surface area contributed by atoms with Crippen molar-refractivity contribution >= 4 is 29.4 Å². The standard InChI is InChI=1S/C22H26FN3O2S/c1-16(19-5-3-4-6-20(19)23)25(2)22(28)24-18-9-7-17(8-10-18)15-21(27)26-11-13-29-14-12-26/h3-10,16H,11-15H2,1-2H3,(H,24,28). The quantitative estimate of drug-likeness (QED) is 0.798. The predicted octanol–water partition coefficient (Wildman–Crippen LogP) is 4.17. The number of carbonyl (C=O) groups excluding carboxylic acids is 2. The maximum Gasteiger partial charge on any atom is 0.322 e. The third kappa shape index (κ3) is 5.50. The second-order valence-electron chi connectivity index (χ2n) is 7.11. The van der Waals surface area contributed by atoms with E-state index in [9.17, 15) is 14.0 Å². The third-order valence-corrected chi connectivity index (χ3v) is 6.12. The summed E-state index contributed by atoms with van der Waals surface area (Å²) < 4.78 is 14.0. The zero-order valence-electron chi connectivity index (χ0n) is 16.7. The summed E-state index contributed by atoms with van der Waals surface area (Å²) in [5, 5.41) is 2.82. The van der Waals surface area contributed by atoms with Crippen molar-refractivity contribution in [3.05, 3.63) is 65.5 Å². The van der Waals surface area contributed by atoms with Gasteiger partial charge < -0.3 is 15.1 Å². The molecule has 2 aromatic rings. The fraction of sp³-hybridized carbons (Fsp3) is 0.364. The van der Waals surface area contributed by atoms with E-state index in [4.69, 9.17) is 0 Å². The van der Waals surface area contributed by atoms with Gasteiger partial charge >= 0.3 is 6.03 Å². The lowest BCUT2D eigenvalue weighted by Crippen LogP contribution is -2.38. The summed E-state index contributed by atoms with van der Waals surface area (Å²) in [6.45, 7) is 3.40. The monoisotopic (exact) mass is 415 g/mol. The predicted molar refractivity (Wildman–Crippen MR) is 116 cm³/mol. The third-order valence-electron chi connectivity index (χ3n) is 5.18. The van der Waals surface area contributed by atoms with Crippen LogP contribution in [0.25, 0.3) is 0 Å². The van der Waals surface area contributed by atoms with Crippen molar-refractivity contribution in [2.75, 3.05) is 37.0 Å². The molecule has 3 rings (SSSR count). The molecule has 0 aromatic heterocycles. The number of thioether (sulfide) groups is 1. The lowest BCUT2D eigenvalue weighted by molar-refractivity contribution is -0.130. The lowest BCUT2D eigenvalue weighted by Gasteiger charge is -2.26. The molecular weight excluding hydrogens is 389 g/mol. The van der Waals surface area contributed by atoms with Crippen LogP contribution in [0.3, 0.4) is 0 Å². The summed E-state index contributed by atoms with van der Waals surface area (Å²) in [6, 6.07) is 13.0. The van der Waals surface area contributed by atoms with E-state index in [0.29, 0.717) is 17.7 Å². The molecule has 5 nitrogen and oxygen atoms in total. The van der Waals surface area contributed by atoms with Crippen molar-refractivity contribution in [2.24, 2.45) is 0 Å². The van der Waals surface area contributed by atoms with E-state index in [2.05, 4.69) is 5.32 Å². The molecule has 2 aromatic carbocycles. The first-order valence-corrected chi connectivity index (χ1v) is 10.8. The Morgan fingerprint density at radius 3 is 2.45 bits per heavy atom. The van der Waals surface area contributed by atoms with Gasteiger partial charge in [0.15, 0.2) is 0 Å². The number of anilines is 1. The SMILES string of the molecule is CC(c1ccccc1F)N(C)C(=O)Nc1ccc(CC(=O)N2CCSCC2)cc1. The molecular formula is C22H26FN3O2S. The number of nitrogens with zero attached hydrogens (tertiary/aromatic N) is 2. The highest BCUT2D eigenvalue weighted by molar-refractivity contribution is 7.99. The van der Waals surface area contributed by atoms with E-state index in [1.807, 2.05) is 28.8 Å². The number of amides is 3. The van der Waals surface area contributed by atoms with E-state index < -0.39 is 6.04 Å². The highest BCUT2D eigenvalue weighted by Crippen LogP contribution is 2.22. The van der Waals surface area contributed by atoms with Crippen LogP contribution in [-0.4, -0.2) is 53.4 Å². The van der Waals surface area contributed by atoms with Crippen molar-refractivity contribution in [1.29, 1.82) is 0 Å². The maximum absolute atomic E-state index is 14.0. The summed E-state index contributed by atoms with van der Waals surface area (Å²) in [5.74, 6) is 1.80. The molecule has 1 N–H and O–H groups in total. The van der Waals surface area contributed by atoms with Crippen molar-refractivity contribution in [3.8, 4) is 0 Å². The Kier molecular flexibility index (Phi) is 7.14. The Morgan fingerprint density at radius 1 is 1.14 bits per heavy atom. The topological polar surface area (TPSA) is 52.7 Å². The van der Waals surface area contributed by atoms with Crippen molar-refractivity contribution in [2.45, 2.75) is 19.4 Å². The van der Waals surface area contributed by atoms with Crippen LogP contribution in [0.5, 0.6) is 0 Å². The number of benzene rings is 2. The van der Waals surface area contributed by atoms with Gasteiger partial charge in [-0.25, -0.2) is 9.18 Å². The first-order valence-electron chi connectivity index (χ1n) is 9.68. The summed E-state index contributed by atoms with van der Waals surface area (Å²) in [5.41, 5.74) is 2.02. The normalized spacial score (nSPS) is 14.9. The molecule has 1 unspecified atom stereocenters. The molecule has 1 aliphatic heterocycles. The second-order valence-corrected chi connectivity index (χ2v) is 8.33. The number of rotatable bonds is 5. The van der Waals surface area contributed by atoms with Gasteiger partial charge in [-0.2, -0.15) is 11.8 Å². The number of hydrogen-bond acceptors (Lipinski definition) is 3. The van der Waals surface area contributed by atoms with Crippen LogP contribution in [0.2, 0.25) is 0 Å². The summed E-state index contributed by atoms with van der Waals surface area (Å²) >= 11 is 1.87. The molecule has 7 heteroatoms. The van der Waals surface area contributed by atoms with Gasteiger partial charge in [-0.05, 0) is 30.7 Å². The van der Waals surface area contributed by atoms with Gasteiger partial charge in [0.05, 0.1) is 12.5 Å². The molecule has 1 atom stereocenters. The summed E-state index contributed by atoms with van der Waals surface area (Å²) in [4.78, 5) is 28.3. The largest absolute Gasteiger partial charge is 0.341 e. The Hall–Kier alpha value is -2.54. The fourth-order valence-electron chi connectivity index (χ4n) is 3.22. The van der Waals surface area contributed by atoms with Crippen LogP contribution in [0.4, 0.5) is 14.9 Å². The van der Waals surface area contributed by atoms with Gasteiger partial charge in [0.2, 0.25) is 5.91 Å². The van der Waals surface area contributed by atoms with Crippen LogP contribution in [-0.2, 0) is 11.2 Å². The van der Waals surface area contributed by atoms with Gasteiger partial charge in [-0.15, -0.1) is 0 Å². The molecule has 0 aliphatic carbocycles. The van der Waals surface area contributed by atoms with Crippen molar-refractivity contribution in [3.63, 3.8) is 0 Å². The highest BCUT2D eigenvalue weighted by Gasteiger charge is 2.20. The molecule has 0 radical (unpaired) electrons. The minimum atomic E-state index is -0.407. The first-order chi connectivity index (χ1) is 14.0. The van der Waals surface area contributed by atoms with Crippen molar-refractivity contribution in [1.82, 2.24) is 9.80 Å². The Labute approximate surface area is 175 Å². The highest BCUT2D eigenvalue weighted by atomic mass is 32.2. The molecule has 3 amide bonds. The first kappa shape index (κ1) is 21.2. The van der Waals surface area contributed by atoms with Crippen LogP contribution in [0.1, 0.15) is 24.1 Å². The molecule has 1 fully saturated rings. The maximum atomic E-state index is 14.0. The summed E-state index contributed by atoms with van der Waals surface area (Å²) in [6.07, 6.45) is 0.364. The number of nitrogens with one attached hydrogen (secondary N) is 1. The number of urea groups is 1. The van der Waals surface area contributed by atoms with E-state index in [1.54, 1.807) is 44.3 Å². The van der Waals surface area contributed by atoms with Crippen molar-refractivity contribution < 1.29 is 14.0 Å². The zero-order valence-corrected chi connectivity index (χ0v) is 17.5. The zero-order chi connectivity index (χ0) is 20.8. The van der Waals surface area contributed by atoms with E-state index in [0.717, 1.165) is 30.2 Å². The van der Waals surface area contributed by atoms with E-state index >= 15 is 0 Å². The molecule has 0 spiro atoms. The van der Waals surface area contributed by atoms with Gasteiger partial charge in [0.1, 0.15) is 5.82 Å². The molecule has 29 heavy (non-hydrogen) atoms. The number of halogens is 1.